The van der Waals surface area contributed by atoms with Crippen molar-refractivity contribution in [3.8, 4) is 0 Å². The first kappa shape index (κ1) is 19.2. The molecular weight excluding hydrogens is 364 g/mol. The molecule has 2 fully saturated rings. The molecule has 0 radical (unpaired) electrons. The van der Waals surface area contributed by atoms with E-state index in [2.05, 4.69) is 5.32 Å². The Hall–Kier alpha value is -1.58. The highest BCUT2D eigenvalue weighted by Gasteiger charge is 2.47. The van der Waals surface area contributed by atoms with Gasteiger partial charge in [-0.25, -0.2) is 17.2 Å². The Morgan fingerprint density at radius 2 is 1.77 bits per heavy atom. The maximum absolute atomic E-state index is 14.0. The molecule has 2 heterocycles. The smallest absolute Gasteiger partial charge is 0.271 e. The molecule has 1 amide bonds. The standard InChI is InChI=1S/C17H23F2N3O3S/c1-13-2-4-14(5-3-13)26(24,25)22-10-8-21(9-11-22)16(23)15-6-7-20-12-17(15,18)19/h2-5,15,20H,6-12H2,1H3. The molecule has 0 aliphatic carbocycles. The average Bonchev–Trinajstić information content (AvgIpc) is 2.61. The number of amides is 1. The molecule has 2 aliphatic rings. The second kappa shape index (κ2) is 7.21. The highest BCUT2D eigenvalue weighted by molar-refractivity contribution is 7.89. The van der Waals surface area contributed by atoms with E-state index >= 15 is 0 Å². The Kier molecular flexibility index (Phi) is 5.32. The van der Waals surface area contributed by atoms with E-state index in [0.29, 0.717) is 6.54 Å². The zero-order chi connectivity index (χ0) is 18.9. The number of nitrogens with one attached hydrogen (secondary N) is 1. The lowest BCUT2D eigenvalue weighted by Crippen LogP contribution is -2.57. The maximum atomic E-state index is 14.0. The van der Waals surface area contributed by atoms with Gasteiger partial charge in [-0.2, -0.15) is 4.31 Å². The molecule has 6 nitrogen and oxygen atoms in total. The van der Waals surface area contributed by atoms with E-state index in [4.69, 9.17) is 0 Å². The summed E-state index contributed by atoms with van der Waals surface area (Å²) in [6.45, 7) is 2.24. The number of carbonyl (C=O) groups is 1. The SMILES string of the molecule is Cc1ccc(S(=O)(=O)N2CCN(C(=O)C3CCNCC3(F)F)CC2)cc1. The van der Waals surface area contributed by atoms with Crippen LogP contribution < -0.4 is 5.32 Å². The first-order valence-corrected chi connectivity index (χ1v) is 10.1. The summed E-state index contributed by atoms with van der Waals surface area (Å²) in [5.74, 6) is -4.98. The lowest BCUT2D eigenvalue weighted by atomic mass is 9.92. The summed E-state index contributed by atoms with van der Waals surface area (Å²) in [4.78, 5) is 14.1. The van der Waals surface area contributed by atoms with Gasteiger partial charge in [0.1, 0.15) is 5.92 Å². The van der Waals surface area contributed by atoms with Crippen molar-refractivity contribution in [2.45, 2.75) is 24.2 Å². The number of sulfonamides is 1. The molecule has 1 N–H and O–H groups in total. The molecule has 144 valence electrons. The number of aryl methyl sites for hydroxylation is 1. The van der Waals surface area contributed by atoms with Crippen molar-refractivity contribution >= 4 is 15.9 Å². The Balaban J connectivity index is 1.65. The van der Waals surface area contributed by atoms with Crippen LogP contribution in [0.5, 0.6) is 0 Å². The van der Waals surface area contributed by atoms with Crippen LogP contribution in [0, 0.1) is 12.8 Å². The van der Waals surface area contributed by atoms with E-state index in [1.807, 2.05) is 6.92 Å². The van der Waals surface area contributed by atoms with Crippen molar-refractivity contribution in [1.82, 2.24) is 14.5 Å². The molecule has 0 saturated carbocycles. The monoisotopic (exact) mass is 387 g/mol. The molecule has 0 aromatic heterocycles. The minimum atomic E-state index is -3.64. The van der Waals surface area contributed by atoms with Crippen LogP contribution in [0.1, 0.15) is 12.0 Å². The number of piperidine rings is 1. The van der Waals surface area contributed by atoms with Crippen LogP contribution in [-0.4, -0.2) is 68.7 Å². The molecule has 0 spiro atoms. The van der Waals surface area contributed by atoms with Crippen LogP contribution in [0.15, 0.2) is 29.2 Å². The number of halogens is 2. The Labute approximate surface area is 152 Å². The molecule has 3 rings (SSSR count). The maximum Gasteiger partial charge on any atom is 0.271 e. The van der Waals surface area contributed by atoms with Crippen LogP contribution in [0.2, 0.25) is 0 Å². The van der Waals surface area contributed by atoms with E-state index in [1.54, 1.807) is 24.3 Å². The third kappa shape index (κ3) is 3.74. The van der Waals surface area contributed by atoms with Crippen LogP contribution >= 0.6 is 0 Å². The summed E-state index contributed by atoms with van der Waals surface area (Å²) in [7, 11) is -3.64. The van der Waals surface area contributed by atoms with Crippen LogP contribution in [0.3, 0.4) is 0 Å². The Bertz CT molecular complexity index is 760. The van der Waals surface area contributed by atoms with Gasteiger partial charge in [0.05, 0.1) is 11.4 Å². The van der Waals surface area contributed by atoms with E-state index < -0.39 is 34.3 Å². The van der Waals surface area contributed by atoms with Gasteiger partial charge in [-0.05, 0) is 32.0 Å². The van der Waals surface area contributed by atoms with Crippen LogP contribution in [0.4, 0.5) is 8.78 Å². The van der Waals surface area contributed by atoms with Gasteiger partial charge in [0.2, 0.25) is 15.9 Å². The fourth-order valence-electron chi connectivity index (χ4n) is 3.37. The van der Waals surface area contributed by atoms with Gasteiger partial charge in [-0.1, -0.05) is 17.7 Å². The molecule has 1 atom stereocenters. The van der Waals surface area contributed by atoms with Gasteiger partial charge in [0.25, 0.3) is 5.92 Å². The second-order valence-electron chi connectivity index (χ2n) is 6.82. The first-order chi connectivity index (χ1) is 12.2. The molecule has 2 saturated heterocycles. The number of benzene rings is 1. The third-order valence-electron chi connectivity index (χ3n) is 4.99. The number of rotatable bonds is 3. The number of alkyl halides is 2. The van der Waals surface area contributed by atoms with Crippen molar-refractivity contribution in [3.05, 3.63) is 29.8 Å². The zero-order valence-corrected chi connectivity index (χ0v) is 15.4. The minimum absolute atomic E-state index is 0.0910. The van der Waals surface area contributed by atoms with Crippen LogP contribution in [-0.2, 0) is 14.8 Å². The quantitative estimate of drug-likeness (QED) is 0.843. The largest absolute Gasteiger partial charge is 0.340 e. The molecule has 1 unspecified atom stereocenters. The van der Waals surface area contributed by atoms with Gasteiger partial charge in [-0.15, -0.1) is 0 Å². The number of piperazine rings is 1. The van der Waals surface area contributed by atoms with E-state index in [0.717, 1.165) is 5.56 Å². The Morgan fingerprint density at radius 3 is 2.35 bits per heavy atom. The van der Waals surface area contributed by atoms with Crippen molar-refractivity contribution in [1.29, 1.82) is 0 Å². The molecule has 2 aliphatic heterocycles. The summed E-state index contributed by atoms with van der Waals surface area (Å²) in [6, 6.07) is 6.56. The number of hydrogen-bond acceptors (Lipinski definition) is 4. The summed E-state index contributed by atoms with van der Waals surface area (Å²) in [5, 5.41) is 2.60. The van der Waals surface area contributed by atoms with Crippen molar-refractivity contribution in [3.63, 3.8) is 0 Å². The van der Waals surface area contributed by atoms with Gasteiger partial charge in [0, 0.05) is 26.2 Å². The summed E-state index contributed by atoms with van der Waals surface area (Å²) >= 11 is 0. The Morgan fingerprint density at radius 1 is 1.15 bits per heavy atom. The van der Waals surface area contributed by atoms with Gasteiger partial charge < -0.3 is 10.2 Å². The molecule has 9 heteroatoms. The molecule has 1 aromatic carbocycles. The number of hydrogen-bond donors (Lipinski definition) is 1. The molecular formula is C17H23F2N3O3S. The predicted molar refractivity (Wildman–Crippen MR) is 92.4 cm³/mol. The molecule has 26 heavy (non-hydrogen) atoms. The summed E-state index contributed by atoms with van der Waals surface area (Å²) < 4.78 is 54.6. The minimum Gasteiger partial charge on any atom is -0.340 e. The van der Waals surface area contributed by atoms with Crippen molar-refractivity contribution in [2.75, 3.05) is 39.3 Å². The summed E-state index contributed by atoms with van der Waals surface area (Å²) in [6.07, 6.45) is 0.0910. The highest BCUT2D eigenvalue weighted by Crippen LogP contribution is 2.31. The fourth-order valence-corrected chi connectivity index (χ4v) is 4.79. The third-order valence-corrected chi connectivity index (χ3v) is 6.90. The van der Waals surface area contributed by atoms with E-state index in [9.17, 15) is 22.0 Å². The topological polar surface area (TPSA) is 69.7 Å². The average molecular weight is 387 g/mol. The zero-order valence-electron chi connectivity index (χ0n) is 14.6. The first-order valence-electron chi connectivity index (χ1n) is 8.66. The predicted octanol–water partition coefficient (Wildman–Crippen LogP) is 1.07. The lowest BCUT2D eigenvalue weighted by molar-refractivity contribution is -0.154. The molecule has 0 bridgehead atoms. The number of carbonyl (C=O) groups excluding carboxylic acids is 1. The number of nitrogens with zero attached hydrogens (tertiary/aromatic N) is 2. The van der Waals surface area contributed by atoms with E-state index in [-0.39, 0.29) is 37.5 Å². The molecule has 1 aromatic rings. The van der Waals surface area contributed by atoms with E-state index in [1.165, 1.54) is 9.21 Å². The van der Waals surface area contributed by atoms with Gasteiger partial charge in [0.15, 0.2) is 0 Å². The van der Waals surface area contributed by atoms with Gasteiger partial charge in [-0.3, -0.25) is 4.79 Å². The van der Waals surface area contributed by atoms with Crippen LogP contribution in [0.25, 0.3) is 0 Å². The van der Waals surface area contributed by atoms with Gasteiger partial charge >= 0.3 is 0 Å². The normalized spacial score (nSPS) is 24.4. The highest BCUT2D eigenvalue weighted by atomic mass is 32.2. The second-order valence-corrected chi connectivity index (χ2v) is 8.76. The summed E-state index contributed by atoms with van der Waals surface area (Å²) in [5.41, 5.74) is 0.960. The van der Waals surface area contributed by atoms with Crippen molar-refractivity contribution in [2.24, 2.45) is 5.92 Å². The fraction of sp³-hybridized carbons (Fsp3) is 0.588. The lowest BCUT2D eigenvalue weighted by Gasteiger charge is -2.38. The van der Waals surface area contributed by atoms with Crippen molar-refractivity contribution < 1.29 is 22.0 Å².